The summed E-state index contributed by atoms with van der Waals surface area (Å²) in [5.74, 6) is 12.0. The Hall–Kier alpha value is -3.86. The van der Waals surface area contributed by atoms with Gasteiger partial charge in [0.1, 0.15) is 11.9 Å². The Morgan fingerprint density at radius 1 is 0.781 bits per heavy atom. The summed E-state index contributed by atoms with van der Waals surface area (Å²) in [5, 5.41) is 0. The van der Waals surface area contributed by atoms with Gasteiger partial charge in [0.25, 0.3) is 0 Å². The molecule has 0 aliphatic rings. The number of unbranched alkanes of at least 4 members (excludes halogenated alkanes) is 5. The van der Waals surface area contributed by atoms with E-state index in [-0.39, 0.29) is 11.3 Å². The molecule has 0 spiro atoms. The summed E-state index contributed by atoms with van der Waals surface area (Å²) in [4.78, 5) is 0. The van der Waals surface area contributed by atoms with Crippen LogP contribution in [0.25, 0.3) is 11.1 Å². The average molecular weight is 430 g/mol. The van der Waals surface area contributed by atoms with Gasteiger partial charge in [-0.1, -0.05) is 51.2 Å². The van der Waals surface area contributed by atoms with Crippen molar-refractivity contribution in [2.24, 2.45) is 0 Å². The van der Waals surface area contributed by atoms with Gasteiger partial charge in [-0.2, -0.15) is 4.39 Å². The lowest BCUT2D eigenvalue weighted by molar-refractivity contribution is 0.304. The van der Waals surface area contributed by atoms with E-state index in [2.05, 4.69) is 48.6 Å². The van der Waals surface area contributed by atoms with E-state index in [9.17, 15) is 8.78 Å². The lowest BCUT2D eigenvalue weighted by atomic mass is 10.0. The molecule has 0 saturated heterocycles. The van der Waals surface area contributed by atoms with E-state index < -0.39 is 11.6 Å². The molecule has 0 saturated carbocycles. The molecule has 0 aliphatic heterocycles. The van der Waals surface area contributed by atoms with Crippen LogP contribution >= 0.6 is 0 Å². The first-order chi connectivity index (χ1) is 15.7. The molecule has 32 heavy (non-hydrogen) atoms. The van der Waals surface area contributed by atoms with Crippen LogP contribution in [-0.4, -0.2) is 6.61 Å². The van der Waals surface area contributed by atoms with E-state index in [1.54, 1.807) is 24.3 Å². The molecule has 0 bridgehead atoms. The lowest BCUT2D eigenvalue weighted by Crippen LogP contribution is -1.98. The van der Waals surface area contributed by atoms with Crippen LogP contribution in [0.5, 0.6) is 11.5 Å². The molecule has 0 unspecified atom stereocenters. The van der Waals surface area contributed by atoms with Crippen LogP contribution in [0.1, 0.15) is 45.4 Å². The van der Waals surface area contributed by atoms with E-state index in [0.29, 0.717) is 17.9 Å². The molecule has 0 aliphatic carbocycles. The van der Waals surface area contributed by atoms with Crippen molar-refractivity contribution in [1.82, 2.24) is 0 Å². The van der Waals surface area contributed by atoms with E-state index in [0.717, 1.165) is 12.8 Å². The summed E-state index contributed by atoms with van der Waals surface area (Å²) in [6, 6.07) is 9.65. The summed E-state index contributed by atoms with van der Waals surface area (Å²) >= 11 is 0. The zero-order valence-electron chi connectivity index (χ0n) is 18.1. The molecule has 4 heteroatoms. The predicted octanol–water partition coefficient (Wildman–Crippen LogP) is 6.35. The Kier molecular flexibility index (Phi) is 10.8. The monoisotopic (exact) mass is 430 g/mol. The largest absolute Gasteiger partial charge is 0.494 e. The second kappa shape index (κ2) is 14.2. The van der Waals surface area contributed by atoms with E-state index >= 15 is 0 Å². The van der Waals surface area contributed by atoms with Gasteiger partial charge in [-0.05, 0) is 54.0 Å². The van der Waals surface area contributed by atoms with Gasteiger partial charge in [0.2, 0.25) is 5.82 Å². The summed E-state index contributed by atoms with van der Waals surface area (Å²) in [6.07, 6.45) is 14.3. The Morgan fingerprint density at radius 3 is 2.22 bits per heavy atom. The maximum atomic E-state index is 14.5. The molecule has 0 amide bonds. The number of rotatable bonds is 10. The van der Waals surface area contributed by atoms with Crippen LogP contribution in [0.2, 0.25) is 0 Å². The van der Waals surface area contributed by atoms with Crippen molar-refractivity contribution >= 4 is 0 Å². The highest BCUT2D eigenvalue weighted by molar-refractivity contribution is 5.66. The van der Waals surface area contributed by atoms with Crippen molar-refractivity contribution in [1.29, 1.82) is 0 Å². The molecule has 2 rings (SSSR count). The molecular formula is C28H24F2O2. The minimum Gasteiger partial charge on any atom is -0.494 e. The summed E-state index contributed by atoms with van der Waals surface area (Å²) in [7, 11) is 0. The number of terminal acetylenes is 1. The zero-order chi connectivity index (χ0) is 23.0. The van der Waals surface area contributed by atoms with Gasteiger partial charge in [0.05, 0.1) is 6.61 Å². The molecule has 0 atom stereocenters. The highest BCUT2D eigenvalue weighted by Crippen LogP contribution is 2.30. The third-order valence-electron chi connectivity index (χ3n) is 4.51. The second-order valence-corrected chi connectivity index (χ2v) is 6.85. The topological polar surface area (TPSA) is 18.5 Å². The van der Waals surface area contributed by atoms with Crippen LogP contribution in [0.15, 0.2) is 36.4 Å². The van der Waals surface area contributed by atoms with Crippen LogP contribution < -0.4 is 9.47 Å². The fourth-order valence-corrected chi connectivity index (χ4v) is 2.87. The predicted molar refractivity (Wildman–Crippen MR) is 123 cm³/mol. The van der Waals surface area contributed by atoms with Crippen LogP contribution in [-0.2, 0) is 0 Å². The van der Waals surface area contributed by atoms with E-state index in [4.69, 9.17) is 15.9 Å². The fourth-order valence-electron chi connectivity index (χ4n) is 2.87. The van der Waals surface area contributed by atoms with Gasteiger partial charge in [0.15, 0.2) is 11.6 Å². The van der Waals surface area contributed by atoms with Crippen molar-refractivity contribution in [2.75, 3.05) is 6.61 Å². The van der Waals surface area contributed by atoms with Gasteiger partial charge >= 0.3 is 0 Å². The first-order valence-corrected chi connectivity index (χ1v) is 10.5. The maximum Gasteiger partial charge on any atom is 0.203 e. The molecule has 0 N–H and O–H groups in total. The molecular weight excluding hydrogens is 406 g/mol. The van der Waals surface area contributed by atoms with Gasteiger partial charge in [0, 0.05) is 23.3 Å². The normalized spacial score (nSPS) is 9.19. The molecule has 2 nitrogen and oxygen atoms in total. The number of hydrogen-bond donors (Lipinski definition) is 0. The van der Waals surface area contributed by atoms with Crippen LogP contribution in [0.3, 0.4) is 0 Å². The SMILES string of the molecule is C#CC#CC#CC#COc1ccc(-c2ccc(OCCCCCCCC)cc2)c(F)c1F. The molecule has 162 valence electrons. The number of hydrogen-bond acceptors (Lipinski definition) is 2. The van der Waals surface area contributed by atoms with Crippen molar-refractivity contribution in [3.8, 4) is 70.7 Å². The standard InChI is InChI=1S/C28H24F2O2/c1-3-5-7-9-11-13-21-31-24-17-15-23(16-18-24)25-19-20-26(28(30)27(25)29)32-22-14-12-10-8-6-4-2/h2,15-20H,3,5,7,9,11,13,21H2,1H3. The number of benzene rings is 2. The second-order valence-electron chi connectivity index (χ2n) is 6.85. The maximum absolute atomic E-state index is 14.5. The van der Waals surface area contributed by atoms with Crippen molar-refractivity contribution in [3.63, 3.8) is 0 Å². The van der Waals surface area contributed by atoms with Gasteiger partial charge in [-0.3, -0.25) is 0 Å². The fraction of sp³-hybridized carbons (Fsp3) is 0.286. The number of halogens is 2. The highest BCUT2D eigenvalue weighted by Gasteiger charge is 2.15. The Bertz CT molecular complexity index is 1110. The number of ether oxygens (including phenoxy) is 2. The van der Waals surface area contributed by atoms with Crippen molar-refractivity contribution in [2.45, 2.75) is 45.4 Å². The molecule has 0 aromatic heterocycles. The zero-order valence-corrected chi connectivity index (χ0v) is 18.1. The third kappa shape index (κ3) is 8.11. The molecule has 2 aromatic carbocycles. The minimum absolute atomic E-state index is 0.120. The third-order valence-corrected chi connectivity index (χ3v) is 4.51. The molecule has 2 aromatic rings. The lowest BCUT2D eigenvalue weighted by Gasteiger charge is -2.09. The first-order valence-electron chi connectivity index (χ1n) is 10.5. The molecule has 0 heterocycles. The van der Waals surface area contributed by atoms with Crippen molar-refractivity contribution < 1.29 is 18.3 Å². The quantitative estimate of drug-likeness (QED) is 0.323. The van der Waals surface area contributed by atoms with E-state index in [1.807, 2.05) is 0 Å². The highest BCUT2D eigenvalue weighted by atomic mass is 19.2. The Balaban J connectivity index is 1.94. The Labute approximate surface area is 189 Å². The van der Waals surface area contributed by atoms with Crippen LogP contribution in [0, 0.1) is 59.7 Å². The van der Waals surface area contributed by atoms with E-state index in [1.165, 1.54) is 37.8 Å². The summed E-state index contributed by atoms with van der Waals surface area (Å²) < 4.78 is 39.5. The smallest absolute Gasteiger partial charge is 0.203 e. The van der Waals surface area contributed by atoms with Crippen LogP contribution in [0.4, 0.5) is 8.78 Å². The average Bonchev–Trinajstić information content (AvgIpc) is 2.81. The van der Waals surface area contributed by atoms with Crippen molar-refractivity contribution in [3.05, 3.63) is 48.0 Å². The Morgan fingerprint density at radius 2 is 1.47 bits per heavy atom. The van der Waals surface area contributed by atoms with Gasteiger partial charge in [-0.15, -0.1) is 6.42 Å². The first kappa shape index (κ1) is 24.4. The minimum atomic E-state index is -1.12. The molecule has 0 radical (unpaired) electrons. The molecule has 0 fully saturated rings. The van der Waals surface area contributed by atoms with Gasteiger partial charge in [-0.25, -0.2) is 4.39 Å². The summed E-state index contributed by atoms with van der Waals surface area (Å²) in [6.45, 7) is 2.84. The van der Waals surface area contributed by atoms with Gasteiger partial charge < -0.3 is 9.47 Å². The summed E-state index contributed by atoms with van der Waals surface area (Å²) in [5.41, 5.74) is 0.651.